The molecule has 7 fully saturated rings. The number of aliphatic hydroxyl groups is 1. The number of nitrogens with one attached hydrogen (secondary N) is 1. The van der Waals surface area contributed by atoms with Gasteiger partial charge in [-0.15, -0.1) is 21.5 Å². The van der Waals surface area contributed by atoms with E-state index in [1.165, 1.54) is 71.1 Å². The van der Waals surface area contributed by atoms with Gasteiger partial charge in [-0.25, -0.2) is 4.98 Å². The summed E-state index contributed by atoms with van der Waals surface area (Å²) < 4.78 is 5.99. The average Bonchev–Trinajstić information content (AvgIpc) is 4.26. The molecule has 5 aliphatic heterocycles. The summed E-state index contributed by atoms with van der Waals surface area (Å²) in [6, 6.07) is 19.6. The molecule has 1 spiro atoms. The zero-order chi connectivity index (χ0) is 55.4. The molecule has 3 aromatic heterocycles. The molecule has 7 atom stereocenters. The molecule has 12 rings (SSSR count). The number of aromatic hydroxyl groups is 1. The quantitative estimate of drug-likeness (QED) is 0.0785. The van der Waals surface area contributed by atoms with Crippen LogP contribution in [0.1, 0.15) is 114 Å². The number of piperidine rings is 3. The van der Waals surface area contributed by atoms with Crippen LogP contribution in [0.5, 0.6) is 5.75 Å². The number of β-amino-alcohol motifs (C(OH)–C–C–N with tert-alkyl or cyclic N) is 1. The maximum absolute atomic E-state index is 14.5. The Hall–Kier alpha value is -5.66. The minimum absolute atomic E-state index is 0.0983. The molecule has 2 unspecified atom stereocenters. The number of carbonyl (C=O) groups is 2. The number of thiazole rings is 1. The number of aromatic nitrogens is 4. The zero-order valence-electron chi connectivity index (χ0n) is 47.6. The Morgan fingerprint density at radius 1 is 0.887 bits per heavy atom. The van der Waals surface area contributed by atoms with E-state index >= 15 is 0 Å². The number of hydrogen-bond acceptors (Lipinski definition) is 16. The number of phenols is 1. The topological polar surface area (TPSA) is 197 Å². The predicted octanol–water partition coefficient (Wildman–Crippen LogP) is 8.06. The van der Waals surface area contributed by atoms with Gasteiger partial charge < -0.3 is 50.3 Å². The van der Waals surface area contributed by atoms with E-state index in [1.54, 1.807) is 22.3 Å². The SMILES string of the molecule is Cc1ncsc1-c1ccc([C@H](C)NC(=O)[C@@H]2C[C@@H](O)CN2C(=O)[C@@H](c2cc(N3CCC(CN4CCC5(CC4)CC(N4CCN(C)[C@H](CC6C7CCC6CN(c6cc(-c8ccccc8O)nnc6N)C7)C4)C5)CC3)no2)C(C)C)cc1. The second-order valence-electron chi connectivity index (χ2n) is 25.7. The van der Waals surface area contributed by atoms with Gasteiger partial charge in [0, 0.05) is 89.0 Å². The molecular weight excluding hydrogens is 1020 g/mol. The van der Waals surface area contributed by atoms with Gasteiger partial charge in [0.15, 0.2) is 17.4 Å². The highest BCUT2D eigenvalue weighted by Gasteiger charge is 2.50. The van der Waals surface area contributed by atoms with Crippen molar-refractivity contribution in [2.75, 3.05) is 94.6 Å². The summed E-state index contributed by atoms with van der Waals surface area (Å²) >= 11 is 1.61. The van der Waals surface area contributed by atoms with Crippen LogP contribution in [0.2, 0.25) is 0 Å². The number of hydrogen-bond donors (Lipinski definition) is 4. The first-order valence-electron chi connectivity index (χ1n) is 30.0. The number of anilines is 3. The normalized spacial score (nSPS) is 26.8. The largest absolute Gasteiger partial charge is 0.507 e. The van der Waals surface area contributed by atoms with Crippen LogP contribution in [0.3, 0.4) is 0 Å². The summed E-state index contributed by atoms with van der Waals surface area (Å²) in [5.41, 5.74) is 14.2. The number of likely N-dealkylation sites (N-methyl/N-ethyl adjacent to an activating group) is 1. The molecule has 2 bridgehead atoms. The minimum atomic E-state index is -0.791. The van der Waals surface area contributed by atoms with Gasteiger partial charge in [0.1, 0.15) is 17.7 Å². The molecule has 80 heavy (non-hydrogen) atoms. The summed E-state index contributed by atoms with van der Waals surface area (Å²) in [7, 11) is 2.36. The number of nitrogens with zero attached hydrogens (tertiary/aromatic N) is 10. The fourth-order valence-corrected chi connectivity index (χ4v) is 16.3. The third-order valence-corrected chi connectivity index (χ3v) is 21.3. The van der Waals surface area contributed by atoms with Gasteiger partial charge in [0.2, 0.25) is 11.8 Å². The molecule has 5 aromatic rings. The second kappa shape index (κ2) is 22.9. The summed E-state index contributed by atoms with van der Waals surface area (Å²) in [5, 5.41) is 37.7. The van der Waals surface area contributed by atoms with Crippen LogP contribution in [0.4, 0.5) is 17.3 Å². The van der Waals surface area contributed by atoms with E-state index in [-0.39, 0.29) is 42.5 Å². The van der Waals surface area contributed by atoms with Gasteiger partial charge in [-0.1, -0.05) is 55.4 Å². The van der Waals surface area contributed by atoms with Crippen molar-refractivity contribution in [2.45, 2.75) is 128 Å². The van der Waals surface area contributed by atoms with Crippen LogP contribution in [0, 0.1) is 41.9 Å². The van der Waals surface area contributed by atoms with Crippen molar-refractivity contribution >= 4 is 40.5 Å². The number of phenolic OH excluding ortho intramolecular Hbond substituents is 1. The van der Waals surface area contributed by atoms with Gasteiger partial charge in [0.25, 0.3) is 0 Å². The van der Waals surface area contributed by atoms with E-state index in [4.69, 9.17) is 10.3 Å². The van der Waals surface area contributed by atoms with Crippen LogP contribution in [0.15, 0.2) is 70.7 Å². The third kappa shape index (κ3) is 11.2. The number of piperazine rings is 1. The number of para-hydroxylation sites is 1. The molecule has 2 saturated carbocycles. The Morgan fingerprint density at radius 2 is 1.62 bits per heavy atom. The highest BCUT2D eigenvalue weighted by atomic mass is 32.1. The first-order valence-corrected chi connectivity index (χ1v) is 30.9. The number of aliphatic hydroxyl groups excluding tert-OH is 1. The van der Waals surface area contributed by atoms with Crippen LogP contribution >= 0.6 is 11.3 Å². The lowest BCUT2D eigenvalue weighted by Gasteiger charge is -2.57. The number of carbonyl (C=O) groups excluding carboxylic acids is 2. The molecule has 17 nitrogen and oxygen atoms in total. The lowest BCUT2D eigenvalue weighted by Crippen LogP contribution is -2.61. The number of rotatable bonds is 15. The molecule has 428 valence electrons. The molecule has 5 saturated heterocycles. The fraction of sp³-hybridized carbons (Fsp3) is 0.613. The minimum Gasteiger partial charge on any atom is -0.507 e. The van der Waals surface area contributed by atoms with Crippen molar-refractivity contribution in [3.05, 3.63) is 83.2 Å². The van der Waals surface area contributed by atoms with E-state index in [9.17, 15) is 19.8 Å². The smallest absolute Gasteiger partial charge is 0.243 e. The number of aryl methyl sites for hydroxylation is 1. The Balaban J connectivity index is 0.581. The van der Waals surface area contributed by atoms with Crippen molar-refractivity contribution in [1.82, 2.24) is 45.3 Å². The number of likely N-dealkylation sites (tertiary alicyclic amines) is 2. The van der Waals surface area contributed by atoms with E-state index in [2.05, 4.69) is 69.3 Å². The van der Waals surface area contributed by atoms with Crippen molar-refractivity contribution in [2.24, 2.45) is 35.0 Å². The highest BCUT2D eigenvalue weighted by Crippen LogP contribution is 2.52. The molecule has 7 aliphatic rings. The van der Waals surface area contributed by atoms with Gasteiger partial charge in [-0.3, -0.25) is 14.5 Å². The summed E-state index contributed by atoms with van der Waals surface area (Å²) in [6.07, 6.45) is 10.7. The third-order valence-electron chi connectivity index (χ3n) is 20.3. The zero-order valence-corrected chi connectivity index (χ0v) is 48.4. The molecule has 0 radical (unpaired) electrons. The molecule has 18 heteroatoms. The molecule has 2 aliphatic carbocycles. The maximum atomic E-state index is 14.5. The van der Waals surface area contributed by atoms with Gasteiger partial charge in [-0.2, -0.15) is 0 Å². The molecule has 2 amide bonds. The molecule has 8 heterocycles. The predicted molar refractivity (Wildman–Crippen MR) is 313 cm³/mol. The van der Waals surface area contributed by atoms with Gasteiger partial charge >= 0.3 is 0 Å². The lowest BCUT2D eigenvalue weighted by molar-refractivity contribution is -0.141. The molecule has 2 aromatic carbocycles. The number of benzene rings is 2. The van der Waals surface area contributed by atoms with Crippen LogP contribution in [0.25, 0.3) is 21.7 Å². The van der Waals surface area contributed by atoms with Crippen LogP contribution in [-0.2, 0) is 9.59 Å². The number of fused-ring (bicyclic) bond motifs is 2. The first kappa shape index (κ1) is 54.9. The Morgan fingerprint density at radius 3 is 2.33 bits per heavy atom. The Bertz CT molecular complexity index is 2950. The van der Waals surface area contributed by atoms with Crippen LogP contribution in [-0.4, -0.2) is 165 Å². The fourth-order valence-electron chi connectivity index (χ4n) is 15.5. The van der Waals surface area contributed by atoms with E-state index in [0.29, 0.717) is 58.1 Å². The Labute approximate surface area is 476 Å². The van der Waals surface area contributed by atoms with Crippen molar-refractivity contribution in [3.8, 4) is 27.4 Å². The summed E-state index contributed by atoms with van der Waals surface area (Å²) in [5.74, 6) is 3.37. The average molecular weight is 1110 g/mol. The van der Waals surface area contributed by atoms with Gasteiger partial charge in [-0.05, 0) is 156 Å². The first-order chi connectivity index (χ1) is 38.7. The molecule has 5 N–H and O–H groups in total. The van der Waals surface area contributed by atoms with Crippen LogP contribution < -0.4 is 20.9 Å². The number of amides is 2. The number of nitrogens with two attached hydrogens (primary N) is 1. The van der Waals surface area contributed by atoms with Crippen molar-refractivity contribution in [3.63, 3.8) is 0 Å². The van der Waals surface area contributed by atoms with E-state index < -0.39 is 18.1 Å². The van der Waals surface area contributed by atoms with E-state index in [1.807, 2.05) is 75.7 Å². The lowest BCUT2D eigenvalue weighted by atomic mass is 9.59. The Kier molecular flexibility index (Phi) is 15.7. The number of nitrogen functional groups attached to an aromatic ring is 1. The second-order valence-corrected chi connectivity index (χ2v) is 26.5. The highest BCUT2D eigenvalue weighted by molar-refractivity contribution is 7.13. The summed E-state index contributed by atoms with van der Waals surface area (Å²) in [4.78, 5) is 48.4. The van der Waals surface area contributed by atoms with Gasteiger partial charge in [0.05, 0.1) is 39.6 Å². The standard InChI is InChI=1S/C62H84N12O5S/c1-38(2)57(61(78)74-36-48(75)27-53(74)60(77)65-39(3)42-10-12-43(13-11-42)58-40(4)64-37-80-58)55-29-56(68-79-55)71-20-16-41(17-21-71)32-70-22-18-62(19-23-70)30-47(31-62)72-25-24-69(5)46(35-72)26-50-44-14-15-45(50)34-73(33-44)52-28-51(66-67-59(52)63)49-8-6-7-9-54(49)76/h6-13,28-29,37-39,41,44-48,50,53,57,75-76H,14-27,30-36H2,1-5H3,(H2,63,67)(H,65,77)/t39-,44?,45?,46+,48+,50?,53-,57+/m0/s1. The maximum Gasteiger partial charge on any atom is 0.243 e. The van der Waals surface area contributed by atoms with Crippen molar-refractivity contribution in [1.29, 1.82) is 0 Å². The monoisotopic (exact) mass is 1110 g/mol. The summed E-state index contributed by atoms with van der Waals surface area (Å²) in [6.45, 7) is 18.9. The van der Waals surface area contributed by atoms with E-state index in [0.717, 1.165) is 91.2 Å². The molecular formula is C62H84N12O5S. The van der Waals surface area contributed by atoms with Crippen molar-refractivity contribution < 1.29 is 24.3 Å².